The molecule has 0 saturated carbocycles. The molecule has 0 fully saturated rings. The molecule has 0 unspecified atom stereocenters. The molecular weight excluding hydrogens is 698 g/mol. The summed E-state index contributed by atoms with van der Waals surface area (Å²) in [5, 5.41) is 7.27. The van der Waals surface area contributed by atoms with Gasteiger partial charge in [-0.05, 0) is 42.3 Å². The fourth-order valence-electron chi connectivity index (χ4n) is 7.79. The van der Waals surface area contributed by atoms with Gasteiger partial charge in [0.25, 0.3) is 0 Å². The van der Waals surface area contributed by atoms with Crippen molar-refractivity contribution >= 4 is 44.7 Å². The van der Waals surface area contributed by atoms with E-state index in [9.17, 15) is 0 Å². The Morgan fingerprint density at radius 3 is 1.16 bits per heavy atom. The van der Waals surface area contributed by atoms with E-state index in [1.54, 1.807) is 11.1 Å². The summed E-state index contributed by atoms with van der Waals surface area (Å²) >= 11 is 0. The number of benzene rings is 3. The van der Waals surface area contributed by atoms with Crippen LogP contribution in [0.1, 0.15) is 94.2 Å². The van der Waals surface area contributed by atoms with Crippen LogP contribution in [0.15, 0.2) is 133 Å². The van der Waals surface area contributed by atoms with Gasteiger partial charge in [-0.15, -0.1) is 7.92 Å². The van der Waals surface area contributed by atoms with Gasteiger partial charge in [-0.2, -0.15) is 40.6 Å². The van der Waals surface area contributed by atoms with Crippen LogP contribution in [0.3, 0.4) is 0 Å². The third-order valence-electron chi connectivity index (χ3n) is 9.62. The molecule has 0 radical (unpaired) electrons. The molecule has 0 aromatic heterocycles. The van der Waals surface area contributed by atoms with E-state index in [0.717, 1.165) is 0 Å². The molecule has 0 heterocycles. The predicted molar refractivity (Wildman–Crippen MR) is 228 cm³/mol. The summed E-state index contributed by atoms with van der Waals surface area (Å²) in [5.74, 6) is 0. The van der Waals surface area contributed by atoms with E-state index in [-0.39, 0.29) is 32.9 Å². The topological polar surface area (TPSA) is 0 Å². The van der Waals surface area contributed by atoms with Gasteiger partial charge >= 0.3 is 17.1 Å². The zero-order chi connectivity index (χ0) is 36.1. The van der Waals surface area contributed by atoms with Gasteiger partial charge in [-0.25, -0.2) is 18.2 Å². The fraction of sp³-hybridized carbons (Fsp3) is 0.391. The van der Waals surface area contributed by atoms with Crippen molar-refractivity contribution in [2.45, 2.75) is 116 Å². The summed E-state index contributed by atoms with van der Waals surface area (Å²) in [6, 6.07) is 49.0. The summed E-state index contributed by atoms with van der Waals surface area (Å²) in [6.07, 6.45) is 2.53. The molecule has 0 bridgehead atoms. The van der Waals surface area contributed by atoms with Crippen molar-refractivity contribution in [3.63, 3.8) is 0 Å². The first-order valence-electron chi connectivity index (χ1n) is 18.0. The van der Waals surface area contributed by atoms with E-state index in [0.29, 0.717) is 20.6 Å². The average molecular weight is 761 g/mol. The minimum absolute atomic E-state index is 0. The second-order valence-electron chi connectivity index (χ2n) is 17.5. The Kier molecular flexibility index (Phi) is 14.6. The van der Waals surface area contributed by atoms with E-state index in [2.05, 4.69) is 217 Å². The first-order chi connectivity index (χ1) is 22.9. The van der Waals surface area contributed by atoms with Crippen LogP contribution in [0.25, 0.3) is 0 Å². The molecule has 0 amide bonds. The van der Waals surface area contributed by atoms with E-state index in [4.69, 9.17) is 0 Å². The number of hydrogen-bond donors (Lipinski definition) is 0. The molecule has 0 spiro atoms. The molecular formula is C46H62FeP2Si. The van der Waals surface area contributed by atoms with Crippen LogP contribution in [-0.2, 0) is 29.4 Å². The Balaban J connectivity index is 0.000000265. The predicted octanol–water partition coefficient (Wildman–Crippen LogP) is 11.3. The Morgan fingerprint density at radius 2 is 0.820 bits per heavy atom. The van der Waals surface area contributed by atoms with Crippen LogP contribution in [-0.4, -0.2) is 28.7 Å². The molecule has 268 valence electrons. The fourth-order valence-corrected chi connectivity index (χ4v) is 19.8. The minimum Gasteiger partial charge on any atom is -0.214 e. The third kappa shape index (κ3) is 10.3. The minimum atomic E-state index is -2.25. The maximum atomic E-state index is 2.43. The van der Waals surface area contributed by atoms with Gasteiger partial charge in [0, 0.05) is 0 Å². The normalized spacial score (nSPS) is 12.8. The van der Waals surface area contributed by atoms with Crippen molar-refractivity contribution < 1.29 is 17.1 Å². The van der Waals surface area contributed by atoms with Crippen molar-refractivity contribution in [2.75, 3.05) is 0 Å². The number of rotatable bonds is 8. The monoisotopic (exact) mass is 760 g/mol. The van der Waals surface area contributed by atoms with E-state index < -0.39 is 8.07 Å². The van der Waals surface area contributed by atoms with E-state index >= 15 is 0 Å². The summed E-state index contributed by atoms with van der Waals surface area (Å²) < 4.78 is 0. The first-order valence-corrected chi connectivity index (χ1v) is 23.1. The van der Waals surface area contributed by atoms with Crippen molar-refractivity contribution in [1.82, 2.24) is 0 Å². The number of hydrogen-bond acceptors (Lipinski definition) is 0. The van der Waals surface area contributed by atoms with Crippen molar-refractivity contribution in [3.8, 4) is 0 Å². The zero-order valence-electron chi connectivity index (χ0n) is 32.9. The Hall–Kier alpha value is -2.04. The molecule has 0 saturated heterocycles. The third-order valence-corrected chi connectivity index (χ3v) is 22.2. The standard InChI is InChI=1S/C23H43P2.C23H19Si.Fe/c1-20(2,3)24(21(4,5)6)16-18-14-13-15-19(18)17-25(22(7,8)9)23(10,11)12;1-4-12-20(13-5-1)24(23-18-10-11-19-23,21-14-6-2-7-15-21)22-16-8-3-9-17-22;/h13-15H,16-17H2,1-12H3;1-19H;/q2*-1;+2. The van der Waals surface area contributed by atoms with Crippen molar-refractivity contribution in [1.29, 1.82) is 0 Å². The maximum Gasteiger partial charge on any atom is 2.00 e. The summed E-state index contributed by atoms with van der Waals surface area (Å²) in [4.78, 5) is 0. The van der Waals surface area contributed by atoms with Gasteiger partial charge in [0.1, 0.15) is 0 Å². The van der Waals surface area contributed by atoms with Crippen LogP contribution in [0, 0.1) is 0 Å². The van der Waals surface area contributed by atoms with Gasteiger partial charge in [0.15, 0.2) is 8.07 Å². The quantitative estimate of drug-likeness (QED) is 0.0640. The van der Waals surface area contributed by atoms with E-state index in [1.807, 2.05) is 0 Å². The van der Waals surface area contributed by atoms with Crippen LogP contribution >= 0.6 is 15.8 Å². The Labute approximate surface area is 320 Å². The molecule has 4 heteroatoms. The summed E-state index contributed by atoms with van der Waals surface area (Å²) in [7, 11) is -2.41. The molecule has 0 nitrogen and oxygen atoms in total. The molecule has 0 aliphatic carbocycles. The molecule has 5 aromatic rings. The largest absolute Gasteiger partial charge is 2.00 e. The van der Waals surface area contributed by atoms with Crippen LogP contribution in [0.4, 0.5) is 0 Å². The second kappa shape index (κ2) is 17.2. The van der Waals surface area contributed by atoms with Gasteiger partial charge in [0.05, 0.1) is 0 Å². The maximum absolute atomic E-state index is 2.43. The molecule has 5 rings (SSSR count). The van der Waals surface area contributed by atoms with Gasteiger partial charge in [-0.3, -0.25) is 0 Å². The summed E-state index contributed by atoms with van der Waals surface area (Å²) in [6.45, 7) is 29.2. The molecule has 5 aromatic carbocycles. The van der Waals surface area contributed by atoms with Gasteiger partial charge < -0.3 is 0 Å². The molecule has 0 atom stereocenters. The van der Waals surface area contributed by atoms with Gasteiger partial charge in [-0.1, -0.05) is 188 Å². The van der Waals surface area contributed by atoms with Crippen molar-refractivity contribution in [3.05, 3.63) is 145 Å². The van der Waals surface area contributed by atoms with Gasteiger partial charge in [0.2, 0.25) is 0 Å². The van der Waals surface area contributed by atoms with Crippen LogP contribution in [0.2, 0.25) is 0 Å². The van der Waals surface area contributed by atoms with Crippen LogP contribution in [0.5, 0.6) is 0 Å². The Morgan fingerprint density at radius 1 is 0.440 bits per heavy atom. The molecule has 0 N–H and O–H groups in total. The smallest absolute Gasteiger partial charge is 0.214 e. The van der Waals surface area contributed by atoms with Crippen LogP contribution < -0.4 is 20.7 Å². The zero-order valence-corrected chi connectivity index (χ0v) is 36.8. The molecule has 0 aliphatic heterocycles. The SMILES string of the molecule is CC(C)(C)P(Cc1cc[cH-]c1CP(C(C)(C)C)C(C)(C)C)C(C)(C)C.[Fe+2].c1ccc([Si](c2ccccc2)(c2ccccc2)c2ccc[cH-]2)cc1. The second-order valence-corrected chi connectivity index (χ2v) is 29.0. The van der Waals surface area contributed by atoms with E-state index in [1.165, 1.54) is 33.1 Å². The molecule has 50 heavy (non-hydrogen) atoms. The Bertz CT molecular complexity index is 1500. The van der Waals surface area contributed by atoms with Crippen molar-refractivity contribution in [2.24, 2.45) is 0 Å². The molecule has 0 aliphatic rings. The summed E-state index contributed by atoms with van der Waals surface area (Å²) in [5.41, 5.74) is 3.24. The first kappa shape index (κ1) is 42.4. The average Bonchev–Trinajstić information content (AvgIpc) is 3.72.